The molecule has 0 fully saturated rings. The third-order valence-corrected chi connectivity index (χ3v) is 4.56. The number of pyridine rings is 1. The number of hydrogen-bond acceptors (Lipinski definition) is 4. The molecule has 1 N–H and O–H groups in total. The normalized spacial score (nSPS) is 11.9. The smallest absolute Gasteiger partial charge is 0.259 e. The van der Waals surface area contributed by atoms with Crippen LogP contribution in [0.15, 0.2) is 52.2 Å². The molecule has 0 aliphatic heterocycles. The Labute approximate surface area is 171 Å². The molecule has 7 nitrogen and oxygen atoms in total. The zero-order valence-electron chi connectivity index (χ0n) is 17.7. The number of likely N-dealkylation sites (N-methyl/N-ethyl adjacent to an activating group) is 1. The Hall–Kier alpha value is -3.09. The van der Waals surface area contributed by atoms with Gasteiger partial charge in [-0.15, -0.1) is 0 Å². The second-order valence-electron chi connectivity index (χ2n) is 7.44. The number of nitrogens with zero attached hydrogens (tertiary/aromatic N) is 2. The lowest BCUT2D eigenvalue weighted by Crippen LogP contribution is -2.39. The van der Waals surface area contributed by atoms with E-state index in [1.54, 1.807) is 23.6 Å². The van der Waals surface area contributed by atoms with Gasteiger partial charge in [0.05, 0.1) is 12.3 Å². The van der Waals surface area contributed by atoms with Crippen LogP contribution < -0.4 is 10.7 Å². The highest BCUT2D eigenvalue weighted by Gasteiger charge is 2.24. The van der Waals surface area contributed by atoms with Crippen LogP contribution in [0.3, 0.4) is 0 Å². The van der Waals surface area contributed by atoms with Gasteiger partial charge in [0.25, 0.3) is 11.8 Å². The van der Waals surface area contributed by atoms with E-state index in [2.05, 4.69) is 11.9 Å². The Morgan fingerprint density at radius 2 is 1.90 bits per heavy atom. The number of nitrogens with one attached hydrogen (secondary N) is 1. The summed E-state index contributed by atoms with van der Waals surface area (Å²) in [6.45, 7) is 13.9. The number of carbonyl (C=O) groups is 2. The van der Waals surface area contributed by atoms with Crippen LogP contribution in [0.5, 0.6) is 0 Å². The van der Waals surface area contributed by atoms with Crippen molar-refractivity contribution in [3.05, 3.63) is 70.1 Å². The summed E-state index contributed by atoms with van der Waals surface area (Å²) in [6, 6.07) is 3.02. The lowest BCUT2D eigenvalue weighted by Gasteiger charge is -2.22. The quantitative estimate of drug-likeness (QED) is 0.688. The van der Waals surface area contributed by atoms with E-state index in [9.17, 15) is 14.4 Å². The molecule has 2 amide bonds. The van der Waals surface area contributed by atoms with Gasteiger partial charge in [0.1, 0.15) is 16.9 Å². The van der Waals surface area contributed by atoms with Crippen LogP contribution in [0.2, 0.25) is 0 Å². The molecule has 0 radical (unpaired) electrons. The summed E-state index contributed by atoms with van der Waals surface area (Å²) in [5.74, 6) is -0.386. The molecule has 7 heteroatoms. The Kier molecular flexibility index (Phi) is 7.20. The first-order chi connectivity index (χ1) is 13.6. The number of furan rings is 1. The highest BCUT2D eigenvalue weighted by molar-refractivity contribution is 5.99. The van der Waals surface area contributed by atoms with Crippen LogP contribution in [-0.4, -0.2) is 34.4 Å². The van der Waals surface area contributed by atoms with Gasteiger partial charge in [-0.25, -0.2) is 0 Å². The van der Waals surface area contributed by atoms with Crippen LogP contribution in [0.25, 0.3) is 0 Å². The maximum atomic E-state index is 13.0. The lowest BCUT2D eigenvalue weighted by molar-refractivity contribution is 0.0776. The molecular formula is C22H29N3O4. The molecule has 2 aromatic rings. The number of amides is 2. The molecular weight excluding hydrogens is 370 g/mol. The average Bonchev–Trinajstić information content (AvgIpc) is 3.20. The molecule has 1 atom stereocenters. The van der Waals surface area contributed by atoms with Gasteiger partial charge < -0.3 is 19.2 Å². The molecule has 0 aliphatic rings. The van der Waals surface area contributed by atoms with Crippen LogP contribution in [0.4, 0.5) is 0 Å². The number of rotatable bonds is 8. The summed E-state index contributed by atoms with van der Waals surface area (Å²) in [6.07, 6.45) is 4.52. The summed E-state index contributed by atoms with van der Waals surface area (Å²) in [5.41, 5.74) is 0.121. The zero-order chi connectivity index (χ0) is 21.7. The van der Waals surface area contributed by atoms with Gasteiger partial charge in [0.15, 0.2) is 0 Å². The first-order valence-electron chi connectivity index (χ1n) is 9.69. The predicted octanol–water partition coefficient (Wildman–Crippen LogP) is 3.55. The summed E-state index contributed by atoms with van der Waals surface area (Å²) < 4.78 is 7.01. The zero-order valence-corrected chi connectivity index (χ0v) is 17.7. The molecule has 0 aromatic carbocycles. The van der Waals surface area contributed by atoms with E-state index in [1.807, 2.05) is 27.7 Å². The minimum atomic E-state index is -0.587. The number of hydrogen-bond donors (Lipinski definition) is 1. The fourth-order valence-corrected chi connectivity index (χ4v) is 2.92. The van der Waals surface area contributed by atoms with Crippen molar-refractivity contribution in [1.29, 1.82) is 0 Å². The third-order valence-electron chi connectivity index (χ3n) is 4.56. The third kappa shape index (κ3) is 5.25. The van der Waals surface area contributed by atoms with Crippen molar-refractivity contribution in [2.24, 2.45) is 0 Å². The molecule has 0 saturated heterocycles. The Bertz CT molecular complexity index is 941. The Morgan fingerprint density at radius 3 is 2.41 bits per heavy atom. The van der Waals surface area contributed by atoms with E-state index in [1.165, 1.54) is 23.6 Å². The summed E-state index contributed by atoms with van der Waals surface area (Å²) in [4.78, 5) is 40.4. The van der Waals surface area contributed by atoms with Crippen molar-refractivity contribution >= 4 is 11.8 Å². The second-order valence-corrected chi connectivity index (χ2v) is 7.44. The van der Waals surface area contributed by atoms with Crippen LogP contribution in [0, 0.1) is 0 Å². The summed E-state index contributed by atoms with van der Waals surface area (Å²) in [5, 5.41) is 2.76. The lowest BCUT2D eigenvalue weighted by atomic mass is 10.1. The van der Waals surface area contributed by atoms with Gasteiger partial charge >= 0.3 is 0 Å². The highest BCUT2D eigenvalue weighted by Crippen LogP contribution is 2.14. The molecule has 0 saturated carbocycles. The molecule has 0 aliphatic carbocycles. The molecule has 2 aromatic heterocycles. The molecule has 0 bridgehead atoms. The van der Waals surface area contributed by atoms with Crippen LogP contribution >= 0.6 is 0 Å². The first kappa shape index (κ1) is 22.2. The topological polar surface area (TPSA) is 84.6 Å². The predicted molar refractivity (Wildman–Crippen MR) is 112 cm³/mol. The largest absolute Gasteiger partial charge is 0.467 e. The molecule has 2 heterocycles. The second kappa shape index (κ2) is 9.41. The maximum Gasteiger partial charge on any atom is 0.259 e. The van der Waals surface area contributed by atoms with Crippen molar-refractivity contribution in [3.63, 3.8) is 0 Å². The molecule has 1 unspecified atom stereocenters. The maximum absolute atomic E-state index is 13.0. The minimum Gasteiger partial charge on any atom is -0.467 e. The first-order valence-corrected chi connectivity index (χ1v) is 9.69. The van der Waals surface area contributed by atoms with Crippen LogP contribution in [0.1, 0.15) is 73.2 Å². The van der Waals surface area contributed by atoms with Gasteiger partial charge in [0.2, 0.25) is 5.43 Å². The fourth-order valence-electron chi connectivity index (χ4n) is 2.92. The highest BCUT2D eigenvalue weighted by atomic mass is 16.3. The summed E-state index contributed by atoms with van der Waals surface area (Å²) >= 11 is 0. The Morgan fingerprint density at radius 1 is 1.24 bits per heavy atom. The van der Waals surface area contributed by atoms with Crippen molar-refractivity contribution in [1.82, 2.24) is 14.8 Å². The number of aromatic nitrogens is 1. The van der Waals surface area contributed by atoms with E-state index >= 15 is 0 Å². The van der Waals surface area contributed by atoms with Gasteiger partial charge in [-0.1, -0.05) is 12.2 Å². The standard InChI is InChI=1S/C22H29N3O4/c1-7-24(11-14(2)3)22(28)18-13-25(15(4)5)12-17(20(18)26)21(27)23-16(6)19-9-8-10-29-19/h8-10,12-13,15-16H,2,7,11H2,1,3-6H3,(H,23,27). The minimum absolute atomic E-state index is 0.0277. The summed E-state index contributed by atoms with van der Waals surface area (Å²) in [7, 11) is 0. The SMILES string of the molecule is C=C(C)CN(CC)C(=O)c1cn(C(C)C)cc(C(=O)NC(C)c2ccco2)c1=O. The molecule has 0 spiro atoms. The van der Waals surface area contributed by atoms with E-state index in [-0.39, 0.29) is 17.2 Å². The van der Waals surface area contributed by atoms with Gasteiger partial charge in [-0.3, -0.25) is 14.4 Å². The number of carbonyl (C=O) groups excluding carboxylic acids is 2. The van der Waals surface area contributed by atoms with Gasteiger partial charge in [-0.05, 0) is 46.8 Å². The monoisotopic (exact) mass is 399 g/mol. The van der Waals surface area contributed by atoms with Crippen LogP contribution in [-0.2, 0) is 0 Å². The van der Waals surface area contributed by atoms with Crippen molar-refractivity contribution in [2.45, 2.75) is 46.7 Å². The van der Waals surface area contributed by atoms with E-state index in [4.69, 9.17) is 4.42 Å². The van der Waals surface area contributed by atoms with Crippen molar-refractivity contribution in [2.75, 3.05) is 13.1 Å². The molecule has 2 rings (SSSR count). The molecule has 29 heavy (non-hydrogen) atoms. The Balaban J connectivity index is 2.45. The van der Waals surface area contributed by atoms with E-state index in [0.29, 0.717) is 18.8 Å². The van der Waals surface area contributed by atoms with Crippen molar-refractivity contribution in [3.8, 4) is 0 Å². The molecule has 156 valence electrons. The van der Waals surface area contributed by atoms with Crippen molar-refractivity contribution < 1.29 is 14.0 Å². The van der Waals surface area contributed by atoms with E-state index in [0.717, 1.165) is 5.57 Å². The van der Waals surface area contributed by atoms with Gasteiger partial charge in [-0.2, -0.15) is 0 Å². The van der Waals surface area contributed by atoms with E-state index < -0.39 is 23.3 Å². The fraction of sp³-hybridized carbons (Fsp3) is 0.409. The van der Waals surface area contributed by atoms with Gasteiger partial charge in [0, 0.05) is 31.5 Å². The average molecular weight is 399 g/mol.